The monoisotopic (exact) mass is 344 g/mol. The van der Waals surface area contributed by atoms with Crippen LogP contribution >= 0.6 is 11.8 Å². The molecule has 0 fully saturated rings. The van der Waals surface area contributed by atoms with Crippen LogP contribution in [0.15, 0.2) is 40.1 Å². The third kappa shape index (κ3) is 3.05. The van der Waals surface area contributed by atoms with E-state index >= 15 is 0 Å². The first-order valence-electron chi connectivity index (χ1n) is 7.24. The topological polar surface area (TPSA) is 83.0 Å². The molecule has 0 amide bonds. The molecule has 0 bridgehead atoms. The number of tetrazole rings is 1. The Morgan fingerprint density at radius 1 is 1.33 bits per heavy atom. The standard InChI is InChI=1S/C16H16N4O3S/c1-10-5-4-6-13(11(10)2)20-16(17-18-19-20)24-9-12-7-8-23-14(12)15(21)22-3/h4-8H,9H2,1-3H3. The van der Waals surface area contributed by atoms with Gasteiger partial charge in [-0.25, -0.2) is 4.79 Å². The maximum absolute atomic E-state index is 11.7. The van der Waals surface area contributed by atoms with Crippen LogP contribution in [-0.4, -0.2) is 33.3 Å². The molecule has 0 atom stereocenters. The highest BCUT2D eigenvalue weighted by Gasteiger charge is 2.18. The van der Waals surface area contributed by atoms with E-state index in [1.165, 1.54) is 30.7 Å². The number of carbonyl (C=O) groups excluding carboxylic acids is 1. The smallest absolute Gasteiger partial charge is 0.374 e. The molecule has 3 aromatic rings. The Kier molecular flexibility index (Phi) is 4.66. The molecule has 124 valence electrons. The summed E-state index contributed by atoms with van der Waals surface area (Å²) in [5.74, 6) is 0.201. The van der Waals surface area contributed by atoms with Crippen LogP contribution in [0.5, 0.6) is 0 Å². The summed E-state index contributed by atoms with van der Waals surface area (Å²) in [6.45, 7) is 4.08. The fraction of sp³-hybridized carbons (Fsp3) is 0.250. The Balaban J connectivity index is 1.84. The average Bonchev–Trinajstić information content (AvgIpc) is 3.23. The lowest BCUT2D eigenvalue weighted by Gasteiger charge is -2.09. The zero-order chi connectivity index (χ0) is 17.1. The molecule has 0 spiro atoms. The van der Waals surface area contributed by atoms with Crippen LogP contribution in [0.25, 0.3) is 5.69 Å². The molecule has 8 heteroatoms. The van der Waals surface area contributed by atoms with Gasteiger partial charge in [0.1, 0.15) is 0 Å². The van der Waals surface area contributed by atoms with E-state index in [0.29, 0.717) is 10.9 Å². The Labute approximate surface area is 143 Å². The van der Waals surface area contributed by atoms with E-state index in [1.54, 1.807) is 10.7 Å². The molecule has 7 nitrogen and oxygen atoms in total. The summed E-state index contributed by atoms with van der Waals surface area (Å²) in [6.07, 6.45) is 1.47. The zero-order valence-corrected chi connectivity index (χ0v) is 14.3. The van der Waals surface area contributed by atoms with Crippen molar-refractivity contribution in [1.29, 1.82) is 0 Å². The van der Waals surface area contributed by atoms with E-state index in [2.05, 4.69) is 15.5 Å². The fourth-order valence-electron chi connectivity index (χ4n) is 2.25. The first-order chi connectivity index (χ1) is 11.6. The maximum atomic E-state index is 11.7. The van der Waals surface area contributed by atoms with Gasteiger partial charge < -0.3 is 9.15 Å². The van der Waals surface area contributed by atoms with E-state index in [-0.39, 0.29) is 5.76 Å². The van der Waals surface area contributed by atoms with Gasteiger partial charge in [0.2, 0.25) is 10.9 Å². The zero-order valence-electron chi connectivity index (χ0n) is 13.5. The SMILES string of the molecule is COC(=O)c1occc1CSc1nnnn1-c1cccc(C)c1C. The van der Waals surface area contributed by atoms with Gasteiger partial charge in [-0.15, -0.1) is 5.10 Å². The molecule has 0 aliphatic heterocycles. The van der Waals surface area contributed by atoms with Gasteiger partial charge in [0, 0.05) is 11.3 Å². The first kappa shape index (κ1) is 16.3. The van der Waals surface area contributed by atoms with Crippen molar-refractivity contribution in [1.82, 2.24) is 20.2 Å². The van der Waals surface area contributed by atoms with Crippen LogP contribution in [0.1, 0.15) is 27.2 Å². The van der Waals surface area contributed by atoms with Crippen molar-refractivity contribution in [3.8, 4) is 5.69 Å². The summed E-state index contributed by atoms with van der Waals surface area (Å²) in [5.41, 5.74) is 3.96. The van der Waals surface area contributed by atoms with Crippen molar-refractivity contribution in [3.63, 3.8) is 0 Å². The lowest BCUT2D eigenvalue weighted by molar-refractivity contribution is 0.0564. The number of furan rings is 1. The van der Waals surface area contributed by atoms with Gasteiger partial charge in [-0.1, -0.05) is 23.9 Å². The van der Waals surface area contributed by atoms with Crippen molar-refractivity contribution in [2.75, 3.05) is 7.11 Å². The quantitative estimate of drug-likeness (QED) is 0.520. The Hall–Kier alpha value is -2.61. The van der Waals surface area contributed by atoms with Crippen molar-refractivity contribution in [2.45, 2.75) is 24.8 Å². The van der Waals surface area contributed by atoms with Crippen molar-refractivity contribution < 1.29 is 13.9 Å². The predicted octanol–water partition coefficient (Wildman–Crippen LogP) is 2.95. The summed E-state index contributed by atoms with van der Waals surface area (Å²) in [6, 6.07) is 7.73. The number of benzene rings is 1. The molecule has 0 unspecified atom stereocenters. The number of nitrogens with zero attached hydrogens (tertiary/aromatic N) is 4. The minimum Gasteiger partial charge on any atom is -0.463 e. The summed E-state index contributed by atoms with van der Waals surface area (Å²) < 4.78 is 11.6. The number of thioether (sulfide) groups is 1. The average molecular weight is 344 g/mol. The lowest BCUT2D eigenvalue weighted by Crippen LogP contribution is -2.04. The maximum Gasteiger partial charge on any atom is 0.374 e. The van der Waals surface area contributed by atoms with Gasteiger partial charge in [0.25, 0.3) is 0 Å². The number of rotatable bonds is 5. The molecule has 0 saturated carbocycles. The highest BCUT2D eigenvalue weighted by atomic mass is 32.2. The molecule has 2 aromatic heterocycles. The highest BCUT2D eigenvalue weighted by Crippen LogP contribution is 2.26. The number of ether oxygens (including phenoxy) is 1. The minimum absolute atomic E-state index is 0.204. The third-order valence-corrected chi connectivity index (χ3v) is 4.69. The van der Waals surface area contributed by atoms with E-state index in [4.69, 9.17) is 9.15 Å². The van der Waals surface area contributed by atoms with Gasteiger partial charge >= 0.3 is 5.97 Å². The summed E-state index contributed by atoms with van der Waals surface area (Å²) in [4.78, 5) is 11.7. The number of hydrogen-bond donors (Lipinski definition) is 0. The molecule has 0 saturated heterocycles. The molecule has 2 heterocycles. The Morgan fingerprint density at radius 2 is 2.17 bits per heavy atom. The number of hydrogen-bond acceptors (Lipinski definition) is 7. The van der Waals surface area contributed by atoms with E-state index < -0.39 is 5.97 Å². The minimum atomic E-state index is -0.496. The molecule has 0 aliphatic rings. The van der Waals surface area contributed by atoms with Crippen molar-refractivity contribution in [2.24, 2.45) is 0 Å². The molecular weight excluding hydrogens is 328 g/mol. The van der Waals surface area contributed by atoms with Gasteiger partial charge in [-0.2, -0.15) is 4.68 Å². The summed E-state index contributed by atoms with van der Waals surface area (Å²) in [7, 11) is 1.32. The number of aryl methyl sites for hydroxylation is 1. The second-order valence-corrected chi connectivity index (χ2v) is 6.09. The van der Waals surface area contributed by atoms with E-state index in [0.717, 1.165) is 16.8 Å². The molecule has 1 aromatic carbocycles. The van der Waals surface area contributed by atoms with Gasteiger partial charge in [-0.05, 0) is 47.5 Å². The van der Waals surface area contributed by atoms with Crippen LogP contribution < -0.4 is 0 Å². The molecule has 3 rings (SSSR count). The van der Waals surface area contributed by atoms with E-state index in [9.17, 15) is 4.79 Å². The molecule has 0 radical (unpaired) electrons. The van der Waals surface area contributed by atoms with Crippen molar-refractivity contribution in [3.05, 3.63) is 53.0 Å². The van der Waals surface area contributed by atoms with Gasteiger partial charge in [-0.3, -0.25) is 0 Å². The second kappa shape index (κ2) is 6.88. The Bertz CT molecular complexity index is 872. The normalized spacial score (nSPS) is 10.8. The fourth-order valence-corrected chi connectivity index (χ4v) is 3.11. The van der Waals surface area contributed by atoms with Crippen LogP contribution in [0, 0.1) is 13.8 Å². The van der Waals surface area contributed by atoms with Gasteiger partial charge in [0.05, 0.1) is 19.1 Å². The van der Waals surface area contributed by atoms with Gasteiger partial charge in [0.15, 0.2) is 0 Å². The predicted molar refractivity (Wildman–Crippen MR) is 88.2 cm³/mol. The van der Waals surface area contributed by atoms with Crippen LogP contribution in [0.4, 0.5) is 0 Å². The molecular formula is C16H16N4O3S. The number of esters is 1. The van der Waals surface area contributed by atoms with E-state index in [1.807, 2.05) is 32.0 Å². The summed E-state index contributed by atoms with van der Waals surface area (Å²) >= 11 is 1.42. The summed E-state index contributed by atoms with van der Waals surface area (Å²) in [5, 5.41) is 12.6. The first-order valence-corrected chi connectivity index (χ1v) is 8.23. The van der Waals surface area contributed by atoms with Crippen LogP contribution in [0.3, 0.4) is 0 Å². The molecule has 24 heavy (non-hydrogen) atoms. The third-order valence-electron chi connectivity index (χ3n) is 3.72. The largest absolute Gasteiger partial charge is 0.463 e. The molecule has 0 N–H and O–H groups in total. The number of carbonyl (C=O) groups is 1. The highest BCUT2D eigenvalue weighted by molar-refractivity contribution is 7.98. The second-order valence-electron chi connectivity index (χ2n) is 5.15. The number of aromatic nitrogens is 4. The van der Waals surface area contributed by atoms with Crippen molar-refractivity contribution >= 4 is 17.7 Å². The lowest BCUT2D eigenvalue weighted by atomic mass is 10.1. The molecule has 0 aliphatic carbocycles. The number of methoxy groups -OCH3 is 1. The van der Waals surface area contributed by atoms with Crippen LogP contribution in [0.2, 0.25) is 0 Å². The Morgan fingerprint density at radius 3 is 2.96 bits per heavy atom. The van der Waals surface area contributed by atoms with Crippen LogP contribution in [-0.2, 0) is 10.5 Å².